The van der Waals surface area contributed by atoms with Crippen LogP contribution in [0.1, 0.15) is 35.6 Å². The summed E-state index contributed by atoms with van der Waals surface area (Å²) in [5, 5.41) is 0. The molecule has 0 nitrogen and oxygen atoms in total. The monoisotopic (exact) mass is 233 g/mol. The summed E-state index contributed by atoms with van der Waals surface area (Å²) in [6, 6.07) is 17.6. The molecule has 89 valence electrons. The van der Waals surface area contributed by atoms with E-state index in [2.05, 4.69) is 68.0 Å². The van der Waals surface area contributed by atoms with Crippen LogP contribution in [-0.2, 0) is 6.42 Å². The molecule has 0 saturated heterocycles. The molecule has 18 heavy (non-hydrogen) atoms. The molecule has 0 fully saturated rings. The van der Waals surface area contributed by atoms with Crippen LogP contribution in [0.15, 0.2) is 54.6 Å². The van der Waals surface area contributed by atoms with Crippen molar-refractivity contribution in [3.63, 3.8) is 0 Å². The lowest BCUT2D eigenvalue weighted by Gasteiger charge is -2.07. The molecule has 2 aromatic rings. The zero-order chi connectivity index (χ0) is 12.4. The van der Waals surface area contributed by atoms with E-state index in [1.807, 2.05) is 0 Å². The standard InChI is InChI=1S/C18H17/c1-2-5-14-8-10-16(11-9-14)18-13-12-15-6-3-4-7-17(15)18/h3-4,6-13H,2,5H2,1H3. The van der Waals surface area contributed by atoms with Crippen LogP contribution in [0.2, 0.25) is 0 Å². The van der Waals surface area contributed by atoms with Gasteiger partial charge in [-0.25, -0.2) is 0 Å². The molecule has 0 aliphatic heterocycles. The third-order valence-electron chi connectivity index (χ3n) is 3.48. The normalized spacial score (nSPS) is 13.3. The van der Waals surface area contributed by atoms with Crippen LogP contribution in [-0.4, -0.2) is 0 Å². The van der Waals surface area contributed by atoms with Crippen molar-refractivity contribution in [1.29, 1.82) is 0 Å². The van der Waals surface area contributed by atoms with Crippen molar-refractivity contribution in [2.75, 3.05) is 0 Å². The van der Waals surface area contributed by atoms with Crippen molar-refractivity contribution in [2.24, 2.45) is 0 Å². The molecule has 2 aromatic carbocycles. The Morgan fingerprint density at radius 3 is 2.44 bits per heavy atom. The largest absolute Gasteiger partial charge is 0.0676 e. The molecule has 0 unspecified atom stereocenters. The highest BCUT2D eigenvalue weighted by Gasteiger charge is 2.14. The van der Waals surface area contributed by atoms with Crippen LogP contribution in [0.4, 0.5) is 0 Å². The Kier molecular flexibility index (Phi) is 3.02. The van der Waals surface area contributed by atoms with E-state index >= 15 is 0 Å². The Balaban J connectivity index is 1.93. The van der Waals surface area contributed by atoms with Gasteiger partial charge in [-0.1, -0.05) is 68.0 Å². The minimum absolute atomic E-state index is 1.17. The third kappa shape index (κ3) is 1.99. The summed E-state index contributed by atoms with van der Waals surface area (Å²) in [7, 11) is 0. The quantitative estimate of drug-likeness (QED) is 0.724. The van der Waals surface area contributed by atoms with Crippen LogP contribution in [0.25, 0.3) is 5.57 Å². The molecule has 0 spiro atoms. The van der Waals surface area contributed by atoms with Crippen LogP contribution in [0.5, 0.6) is 0 Å². The number of rotatable bonds is 3. The topological polar surface area (TPSA) is 0 Å². The first-order valence-electron chi connectivity index (χ1n) is 6.62. The molecule has 0 aromatic heterocycles. The fraction of sp³-hybridized carbons (Fsp3) is 0.167. The Bertz CT molecular complexity index is 573. The van der Waals surface area contributed by atoms with E-state index in [1.165, 1.54) is 40.7 Å². The highest BCUT2D eigenvalue weighted by atomic mass is 14.2. The van der Waals surface area contributed by atoms with Crippen molar-refractivity contribution in [2.45, 2.75) is 19.8 Å². The van der Waals surface area contributed by atoms with Crippen molar-refractivity contribution in [1.82, 2.24) is 0 Å². The lowest BCUT2D eigenvalue weighted by Crippen LogP contribution is -1.88. The second kappa shape index (κ2) is 4.81. The Morgan fingerprint density at radius 1 is 0.889 bits per heavy atom. The SMILES string of the molecule is CCCc1ccc(C2=C[CH]c3ccccc32)cc1. The van der Waals surface area contributed by atoms with Gasteiger partial charge in [-0.3, -0.25) is 0 Å². The summed E-state index contributed by atoms with van der Waals surface area (Å²) in [6.45, 7) is 2.22. The van der Waals surface area contributed by atoms with Crippen LogP contribution >= 0.6 is 0 Å². The Morgan fingerprint density at radius 2 is 1.67 bits per heavy atom. The van der Waals surface area contributed by atoms with Gasteiger partial charge in [0.25, 0.3) is 0 Å². The van der Waals surface area contributed by atoms with Crippen molar-refractivity contribution < 1.29 is 0 Å². The minimum atomic E-state index is 1.17. The zero-order valence-electron chi connectivity index (χ0n) is 10.7. The second-order valence-electron chi connectivity index (χ2n) is 4.78. The second-order valence-corrected chi connectivity index (χ2v) is 4.78. The first-order valence-corrected chi connectivity index (χ1v) is 6.62. The number of hydrogen-bond acceptors (Lipinski definition) is 0. The molecule has 0 N–H and O–H groups in total. The highest BCUT2D eigenvalue weighted by molar-refractivity contribution is 5.87. The maximum Gasteiger partial charge on any atom is 0.0138 e. The number of hydrogen-bond donors (Lipinski definition) is 0. The summed E-state index contributed by atoms with van der Waals surface area (Å²) >= 11 is 0. The van der Waals surface area contributed by atoms with Gasteiger partial charge >= 0.3 is 0 Å². The van der Waals surface area contributed by atoms with E-state index in [-0.39, 0.29) is 0 Å². The lowest BCUT2D eigenvalue weighted by atomic mass is 9.98. The minimum Gasteiger partial charge on any atom is -0.0676 e. The first kappa shape index (κ1) is 11.3. The van der Waals surface area contributed by atoms with Crippen molar-refractivity contribution in [3.8, 4) is 0 Å². The average molecular weight is 233 g/mol. The van der Waals surface area contributed by atoms with Crippen molar-refractivity contribution in [3.05, 3.63) is 83.3 Å². The van der Waals surface area contributed by atoms with Gasteiger partial charge in [0.05, 0.1) is 0 Å². The highest BCUT2D eigenvalue weighted by Crippen LogP contribution is 2.33. The molecular formula is C18H17. The summed E-state index contributed by atoms with van der Waals surface area (Å²) in [5.74, 6) is 0. The van der Waals surface area contributed by atoms with Crippen molar-refractivity contribution >= 4 is 5.57 Å². The molecule has 0 amide bonds. The molecule has 0 bridgehead atoms. The third-order valence-corrected chi connectivity index (χ3v) is 3.48. The number of aryl methyl sites for hydroxylation is 1. The number of fused-ring (bicyclic) bond motifs is 1. The number of benzene rings is 2. The fourth-order valence-electron chi connectivity index (χ4n) is 2.54. The maximum absolute atomic E-state index is 2.25. The van der Waals surface area contributed by atoms with Crippen LogP contribution in [0, 0.1) is 6.42 Å². The Labute approximate surface area is 109 Å². The molecule has 1 aliphatic rings. The summed E-state index contributed by atoms with van der Waals surface area (Å²) in [6.07, 6.45) is 6.80. The molecule has 0 heterocycles. The average Bonchev–Trinajstić information content (AvgIpc) is 2.84. The summed E-state index contributed by atoms with van der Waals surface area (Å²) < 4.78 is 0. The molecule has 3 rings (SSSR count). The Hall–Kier alpha value is -1.82. The molecular weight excluding hydrogens is 216 g/mol. The van der Waals surface area contributed by atoms with E-state index in [0.717, 1.165) is 0 Å². The molecule has 0 heteroatoms. The van der Waals surface area contributed by atoms with Gasteiger partial charge in [-0.2, -0.15) is 0 Å². The van der Waals surface area contributed by atoms with E-state index in [4.69, 9.17) is 0 Å². The van der Waals surface area contributed by atoms with Gasteiger partial charge in [-0.15, -0.1) is 0 Å². The summed E-state index contributed by atoms with van der Waals surface area (Å²) in [5.41, 5.74) is 6.76. The summed E-state index contributed by atoms with van der Waals surface area (Å²) in [4.78, 5) is 0. The number of allylic oxidation sites excluding steroid dienone is 1. The smallest absolute Gasteiger partial charge is 0.0138 e. The molecule has 1 aliphatic carbocycles. The van der Waals surface area contributed by atoms with Gasteiger partial charge in [0, 0.05) is 6.42 Å². The van der Waals surface area contributed by atoms with E-state index in [0.29, 0.717) is 0 Å². The first-order chi connectivity index (χ1) is 8.88. The van der Waals surface area contributed by atoms with Gasteiger partial charge in [0.1, 0.15) is 0 Å². The predicted molar refractivity (Wildman–Crippen MR) is 77.4 cm³/mol. The molecule has 0 atom stereocenters. The molecule has 0 saturated carbocycles. The van der Waals surface area contributed by atoms with E-state index in [9.17, 15) is 0 Å². The predicted octanol–water partition coefficient (Wildman–Crippen LogP) is 4.64. The van der Waals surface area contributed by atoms with Gasteiger partial charge in [0.2, 0.25) is 0 Å². The zero-order valence-corrected chi connectivity index (χ0v) is 10.7. The van der Waals surface area contributed by atoms with Crippen LogP contribution in [0.3, 0.4) is 0 Å². The fourth-order valence-corrected chi connectivity index (χ4v) is 2.54. The van der Waals surface area contributed by atoms with E-state index < -0.39 is 0 Å². The maximum atomic E-state index is 2.25. The van der Waals surface area contributed by atoms with E-state index in [1.54, 1.807) is 0 Å². The lowest BCUT2D eigenvalue weighted by molar-refractivity contribution is 0.922. The van der Waals surface area contributed by atoms with Crippen LogP contribution < -0.4 is 0 Å². The van der Waals surface area contributed by atoms with Gasteiger partial charge < -0.3 is 0 Å². The van der Waals surface area contributed by atoms with Gasteiger partial charge in [0.15, 0.2) is 0 Å². The molecule has 1 radical (unpaired) electrons. The van der Waals surface area contributed by atoms with Gasteiger partial charge in [-0.05, 0) is 34.2 Å².